The van der Waals surface area contributed by atoms with Crippen molar-refractivity contribution in [3.05, 3.63) is 100 Å². The molecule has 3 aromatic carbocycles. The van der Waals surface area contributed by atoms with E-state index in [2.05, 4.69) is 15.2 Å². The smallest absolute Gasteiger partial charge is 0.193 e. The van der Waals surface area contributed by atoms with E-state index in [0.29, 0.717) is 34.5 Å². The molecule has 1 saturated heterocycles. The summed E-state index contributed by atoms with van der Waals surface area (Å²) in [5.74, 6) is 0.858. The molecule has 1 aromatic heterocycles. The number of halogens is 1. The van der Waals surface area contributed by atoms with E-state index >= 15 is 0 Å². The maximum absolute atomic E-state index is 13.1. The molecule has 1 aliphatic heterocycles. The van der Waals surface area contributed by atoms with Crippen molar-refractivity contribution in [3.8, 4) is 0 Å². The minimum Gasteiger partial charge on any atom is -0.353 e. The lowest BCUT2D eigenvalue weighted by atomic mass is 9.98. The number of carbonyl (C=O) groups excluding carboxylic acids is 2. The Kier molecular flexibility index (Phi) is 6.84. The van der Waals surface area contributed by atoms with Crippen molar-refractivity contribution in [3.63, 3.8) is 0 Å². The van der Waals surface area contributed by atoms with Crippen molar-refractivity contribution in [1.29, 1.82) is 0 Å². The lowest BCUT2D eigenvalue weighted by Crippen LogP contribution is -2.43. The monoisotopic (exact) mass is 484 g/mol. The normalized spacial score (nSPS) is 13.7. The third-order valence-corrected chi connectivity index (χ3v) is 6.42. The van der Waals surface area contributed by atoms with Crippen LogP contribution in [0.1, 0.15) is 27.0 Å². The highest BCUT2D eigenvalue weighted by atomic mass is 35.5. The number of aromatic nitrogens is 2. The van der Waals surface area contributed by atoms with Gasteiger partial charge in [0, 0.05) is 55.2 Å². The van der Waals surface area contributed by atoms with Gasteiger partial charge in [0.2, 0.25) is 0 Å². The highest BCUT2D eigenvalue weighted by Gasteiger charge is 2.15. The van der Waals surface area contributed by atoms with Crippen LogP contribution in [0.3, 0.4) is 0 Å². The first-order chi connectivity index (χ1) is 17.0. The molecule has 0 atom stereocenters. The predicted molar refractivity (Wildman–Crippen MR) is 138 cm³/mol. The number of hydrogen-bond acceptors (Lipinski definition) is 6. The molecule has 0 amide bonds. The number of carbonyl (C=O) groups is 2. The van der Waals surface area contributed by atoms with Crippen molar-refractivity contribution in [1.82, 2.24) is 15.3 Å². The van der Waals surface area contributed by atoms with Gasteiger partial charge in [-0.25, -0.2) is 4.98 Å². The summed E-state index contributed by atoms with van der Waals surface area (Å²) in [7, 11) is 0. The molecule has 0 bridgehead atoms. The quantitative estimate of drug-likeness (QED) is 0.395. The van der Waals surface area contributed by atoms with E-state index in [-0.39, 0.29) is 11.6 Å². The first-order valence-electron chi connectivity index (χ1n) is 11.7. The van der Waals surface area contributed by atoms with Gasteiger partial charge in [-0.2, -0.15) is 0 Å². The van der Waals surface area contributed by atoms with E-state index in [1.165, 1.54) is 0 Å². The zero-order chi connectivity index (χ0) is 24.2. The van der Waals surface area contributed by atoms with Gasteiger partial charge in [0.15, 0.2) is 5.78 Å². The highest BCUT2D eigenvalue weighted by Crippen LogP contribution is 2.20. The van der Waals surface area contributed by atoms with E-state index in [1.54, 1.807) is 42.6 Å². The van der Waals surface area contributed by atoms with Crippen LogP contribution in [0, 0.1) is 0 Å². The molecule has 0 spiro atoms. The fourth-order valence-corrected chi connectivity index (χ4v) is 4.38. The molecule has 0 radical (unpaired) electrons. The number of fused-ring (bicyclic) bond motifs is 1. The largest absolute Gasteiger partial charge is 0.353 e. The van der Waals surface area contributed by atoms with Gasteiger partial charge >= 0.3 is 0 Å². The zero-order valence-electron chi connectivity index (χ0n) is 19.2. The van der Waals surface area contributed by atoms with Crippen LogP contribution in [0.2, 0.25) is 5.02 Å². The summed E-state index contributed by atoms with van der Waals surface area (Å²) in [6.45, 7) is 3.60. The van der Waals surface area contributed by atoms with Gasteiger partial charge in [-0.1, -0.05) is 48.0 Å². The number of nitrogens with one attached hydrogen (secondary N) is 1. The molecule has 1 aliphatic rings. The number of Topliss-reactive ketones (excluding diaryl/α,β-unsaturated/α-hetero) is 1. The topological polar surface area (TPSA) is 75.2 Å². The number of piperazine rings is 1. The van der Waals surface area contributed by atoms with Crippen molar-refractivity contribution in [2.45, 2.75) is 12.8 Å². The molecule has 4 aromatic rings. The summed E-state index contributed by atoms with van der Waals surface area (Å²) in [6.07, 6.45) is 2.46. The van der Waals surface area contributed by atoms with E-state index in [0.717, 1.165) is 48.6 Å². The van der Waals surface area contributed by atoms with Crippen LogP contribution >= 0.6 is 11.6 Å². The standard InChI is InChI=1S/C28H25ClN4O2/c29-23-8-3-20(4-9-23)16-24(34)15-19-1-5-21(6-2-19)28(35)22-7-10-25-26(17-22)32-27(18-31-25)33-13-11-30-12-14-33/h1-10,17-18,30H,11-16H2. The Hall–Kier alpha value is -3.61. The first kappa shape index (κ1) is 23.1. The molecule has 0 unspecified atom stereocenters. The van der Waals surface area contributed by atoms with Crippen LogP contribution in [-0.4, -0.2) is 47.7 Å². The van der Waals surface area contributed by atoms with Crippen molar-refractivity contribution in [2.24, 2.45) is 0 Å². The lowest BCUT2D eigenvalue weighted by molar-refractivity contribution is -0.117. The third-order valence-electron chi connectivity index (χ3n) is 6.16. The molecule has 35 heavy (non-hydrogen) atoms. The number of hydrogen-bond donors (Lipinski definition) is 1. The Bertz CT molecular complexity index is 1360. The number of anilines is 1. The second kappa shape index (κ2) is 10.3. The second-order valence-electron chi connectivity index (χ2n) is 8.71. The van der Waals surface area contributed by atoms with Crippen molar-refractivity contribution in [2.75, 3.05) is 31.1 Å². The Morgan fingerprint density at radius 3 is 2.14 bits per heavy atom. The minimum absolute atomic E-state index is 0.0830. The third kappa shape index (κ3) is 5.56. The summed E-state index contributed by atoms with van der Waals surface area (Å²) in [4.78, 5) is 37.1. The van der Waals surface area contributed by atoms with Crippen LogP contribution in [-0.2, 0) is 17.6 Å². The van der Waals surface area contributed by atoms with Gasteiger partial charge in [-0.15, -0.1) is 0 Å². The molecule has 6 nitrogen and oxygen atoms in total. The van der Waals surface area contributed by atoms with Gasteiger partial charge in [-0.05, 0) is 41.5 Å². The number of nitrogens with zero attached hydrogens (tertiary/aromatic N) is 3. The molecule has 0 aliphatic carbocycles. The van der Waals surface area contributed by atoms with Crippen LogP contribution in [0.15, 0.2) is 72.9 Å². The molecule has 2 heterocycles. The van der Waals surface area contributed by atoms with Gasteiger partial charge in [0.05, 0.1) is 17.2 Å². The van der Waals surface area contributed by atoms with Gasteiger partial charge in [0.1, 0.15) is 11.6 Å². The average molecular weight is 485 g/mol. The summed E-state index contributed by atoms with van der Waals surface area (Å²) in [5.41, 5.74) is 4.42. The van der Waals surface area contributed by atoms with Gasteiger partial charge in [-0.3, -0.25) is 14.6 Å². The first-order valence-corrected chi connectivity index (χ1v) is 12.1. The SMILES string of the molecule is O=C(Cc1ccc(Cl)cc1)Cc1ccc(C(=O)c2ccc3ncc(N4CCNCC4)nc3c2)cc1. The summed E-state index contributed by atoms with van der Waals surface area (Å²) in [6, 6.07) is 20.0. The van der Waals surface area contributed by atoms with Crippen molar-refractivity contribution < 1.29 is 9.59 Å². The Morgan fingerprint density at radius 1 is 0.829 bits per heavy atom. The Labute approximate surface area is 209 Å². The van der Waals surface area contributed by atoms with Crippen LogP contribution in [0.4, 0.5) is 5.82 Å². The van der Waals surface area contributed by atoms with Gasteiger partial charge < -0.3 is 10.2 Å². The van der Waals surface area contributed by atoms with Crippen LogP contribution in [0.5, 0.6) is 0 Å². The number of ketones is 2. The number of benzene rings is 3. The zero-order valence-corrected chi connectivity index (χ0v) is 20.0. The van der Waals surface area contributed by atoms with E-state index in [4.69, 9.17) is 16.6 Å². The maximum atomic E-state index is 13.1. The molecule has 1 fully saturated rings. The summed E-state index contributed by atoms with van der Waals surface area (Å²) in [5, 5.41) is 3.99. The highest BCUT2D eigenvalue weighted by molar-refractivity contribution is 6.30. The summed E-state index contributed by atoms with van der Waals surface area (Å²) < 4.78 is 0. The minimum atomic E-state index is -0.0830. The van der Waals surface area contributed by atoms with Gasteiger partial charge in [0.25, 0.3) is 0 Å². The fraction of sp³-hybridized carbons (Fsp3) is 0.214. The fourth-order valence-electron chi connectivity index (χ4n) is 4.25. The molecule has 1 N–H and O–H groups in total. The Morgan fingerprint density at radius 2 is 1.46 bits per heavy atom. The Balaban J connectivity index is 1.28. The molecular weight excluding hydrogens is 460 g/mol. The van der Waals surface area contributed by atoms with Crippen LogP contribution < -0.4 is 10.2 Å². The second-order valence-corrected chi connectivity index (χ2v) is 9.15. The summed E-state index contributed by atoms with van der Waals surface area (Å²) >= 11 is 5.91. The van der Waals surface area contributed by atoms with Crippen LogP contribution in [0.25, 0.3) is 11.0 Å². The number of rotatable bonds is 7. The predicted octanol–water partition coefficient (Wildman–Crippen LogP) is 4.28. The molecule has 0 saturated carbocycles. The van der Waals surface area contributed by atoms with E-state index < -0.39 is 0 Å². The average Bonchev–Trinajstić information content (AvgIpc) is 2.90. The molecule has 5 rings (SSSR count). The lowest BCUT2D eigenvalue weighted by Gasteiger charge is -2.28. The van der Waals surface area contributed by atoms with E-state index in [9.17, 15) is 9.59 Å². The van der Waals surface area contributed by atoms with E-state index in [1.807, 2.05) is 30.3 Å². The van der Waals surface area contributed by atoms with Crippen molar-refractivity contribution >= 4 is 40.0 Å². The molecule has 7 heteroatoms. The molecule has 176 valence electrons. The maximum Gasteiger partial charge on any atom is 0.193 e. The molecular formula is C28H25ClN4O2.